The maximum atomic E-state index is 14.5. The standard InChI is InChI=1S/C72H138N2O13/c1-7-12-17-22-26-34-43-66(41-32-20-15-10-4)86-69(75)45-36-28-25-30-39-53-83-64-68(84-54-40-31-37-46-70(76)87-67(42-33-21-16-11-5)44-35-27-23-18-13-8-2)71(77)74(49-38-29-24-19-14-9-3)52-55-79-56-57-80-58-59-81-60-61-82-62-63-85-72(78)65-47-50-73(6)51-48-65/h65-68H,7-64H2,1-6H3. The number of carbonyl (C=O) groups excluding carboxylic acids is 4. The first kappa shape index (κ1) is 82.6. The van der Waals surface area contributed by atoms with Crippen LogP contribution >= 0.6 is 0 Å². The zero-order valence-corrected chi connectivity index (χ0v) is 57.5. The lowest BCUT2D eigenvalue weighted by molar-refractivity contribution is -0.152. The van der Waals surface area contributed by atoms with Gasteiger partial charge in [-0.05, 0) is 116 Å². The molecule has 3 atom stereocenters. The second kappa shape index (κ2) is 63.7. The molecule has 0 radical (unpaired) electrons. The van der Waals surface area contributed by atoms with Crippen molar-refractivity contribution in [3.05, 3.63) is 0 Å². The molecule has 0 aliphatic carbocycles. The number of hydrogen-bond acceptors (Lipinski definition) is 14. The molecule has 1 saturated heterocycles. The molecule has 1 amide bonds. The van der Waals surface area contributed by atoms with Crippen LogP contribution < -0.4 is 0 Å². The highest BCUT2D eigenvalue weighted by molar-refractivity contribution is 5.81. The smallest absolute Gasteiger partial charge is 0.309 e. The number of likely N-dealkylation sites (tertiary alicyclic amines) is 1. The van der Waals surface area contributed by atoms with Gasteiger partial charge in [-0.1, -0.05) is 195 Å². The summed E-state index contributed by atoms with van der Waals surface area (Å²) >= 11 is 0. The van der Waals surface area contributed by atoms with Gasteiger partial charge in [-0.3, -0.25) is 19.2 Å². The Kier molecular flexibility index (Phi) is 60.5. The molecule has 15 heteroatoms. The third-order valence-electron chi connectivity index (χ3n) is 16.9. The second-order valence-electron chi connectivity index (χ2n) is 25.1. The fourth-order valence-corrected chi connectivity index (χ4v) is 11.2. The Morgan fingerprint density at radius 1 is 0.391 bits per heavy atom. The first-order valence-corrected chi connectivity index (χ1v) is 36.7. The van der Waals surface area contributed by atoms with Gasteiger partial charge in [0.15, 0.2) is 6.10 Å². The Bertz CT molecular complexity index is 1520. The van der Waals surface area contributed by atoms with Gasteiger partial charge in [0.25, 0.3) is 5.91 Å². The van der Waals surface area contributed by atoms with Crippen molar-refractivity contribution in [2.45, 2.75) is 323 Å². The molecule has 1 fully saturated rings. The Labute approximate surface area is 534 Å². The molecular formula is C72H138N2O13. The van der Waals surface area contributed by atoms with E-state index in [1.807, 2.05) is 4.90 Å². The van der Waals surface area contributed by atoms with Crippen molar-refractivity contribution in [3.63, 3.8) is 0 Å². The van der Waals surface area contributed by atoms with Crippen molar-refractivity contribution in [1.29, 1.82) is 0 Å². The van der Waals surface area contributed by atoms with Gasteiger partial charge in [-0.15, -0.1) is 0 Å². The number of ether oxygens (including phenoxy) is 9. The molecule has 3 unspecified atom stereocenters. The zero-order valence-electron chi connectivity index (χ0n) is 57.5. The first-order valence-electron chi connectivity index (χ1n) is 36.7. The largest absolute Gasteiger partial charge is 0.463 e. The van der Waals surface area contributed by atoms with Gasteiger partial charge in [0.1, 0.15) is 18.8 Å². The van der Waals surface area contributed by atoms with Crippen LogP contribution in [0, 0.1) is 5.92 Å². The normalized spacial score (nSPS) is 14.1. The highest BCUT2D eigenvalue weighted by Gasteiger charge is 2.27. The average Bonchev–Trinajstić information content (AvgIpc) is 3.72. The van der Waals surface area contributed by atoms with E-state index in [1.165, 1.54) is 122 Å². The minimum Gasteiger partial charge on any atom is -0.463 e. The minimum absolute atomic E-state index is 0.00785. The zero-order chi connectivity index (χ0) is 63.1. The molecule has 1 rings (SSSR count). The van der Waals surface area contributed by atoms with Gasteiger partial charge in [-0.25, -0.2) is 0 Å². The van der Waals surface area contributed by atoms with Crippen molar-refractivity contribution in [2.75, 3.05) is 113 Å². The summed E-state index contributed by atoms with van der Waals surface area (Å²) < 4.78 is 53.2. The molecular weight excluding hydrogens is 1100 g/mol. The highest BCUT2D eigenvalue weighted by Crippen LogP contribution is 2.21. The quantitative estimate of drug-likeness (QED) is 0.0322. The SMILES string of the molecule is CCCCCCCCC(CCCCCC)OC(=O)CCCCCCCOCC(OCCCCCC(=O)OC(CCCCCC)CCCCCCCC)C(=O)N(CCCCCCCC)CCOCCOCCOCCOCCOC(=O)C1CCN(C)CC1. The van der Waals surface area contributed by atoms with Crippen LogP contribution in [-0.2, 0) is 61.8 Å². The Morgan fingerprint density at radius 2 is 0.759 bits per heavy atom. The maximum Gasteiger partial charge on any atom is 0.309 e. The number of nitrogens with zero attached hydrogens (tertiary/aromatic N) is 2. The fraction of sp³-hybridized carbons (Fsp3) is 0.944. The number of hydrogen-bond donors (Lipinski definition) is 0. The number of unbranched alkanes of at least 4 members (excludes halogenated alkanes) is 27. The minimum atomic E-state index is -0.742. The van der Waals surface area contributed by atoms with Gasteiger partial charge in [0, 0.05) is 39.1 Å². The monoisotopic (exact) mass is 1240 g/mol. The number of amides is 1. The van der Waals surface area contributed by atoms with E-state index in [-0.39, 0.29) is 55.2 Å². The van der Waals surface area contributed by atoms with Crippen LogP contribution in [-0.4, -0.2) is 164 Å². The van der Waals surface area contributed by atoms with Crippen LogP contribution in [0.2, 0.25) is 0 Å². The Morgan fingerprint density at radius 3 is 1.23 bits per heavy atom. The average molecular weight is 1240 g/mol. The molecule has 0 aromatic heterocycles. The molecule has 0 N–H and O–H groups in total. The maximum absolute atomic E-state index is 14.5. The van der Waals surface area contributed by atoms with Crippen molar-refractivity contribution in [3.8, 4) is 0 Å². The molecule has 1 aliphatic rings. The predicted octanol–water partition coefficient (Wildman–Crippen LogP) is 16.7. The van der Waals surface area contributed by atoms with Crippen LogP contribution in [0.1, 0.15) is 304 Å². The van der Waals surface area contributed by atoms with E-state index in [1.54, 1.807) is 0 Å². The number of carbonyl (C=O) groups is 4. The molecule has 87 heavy (non-hydrogen) atoms. The molecule has 0 saturated carbocycles. The van der Waals surface area contributed by atoms with Crippen LogP contribution in [0.25, 0.3) is 0 Å². The van der Waals surface area contributed by atoms with Crippen LogP contribution in [0.5, 0.6) is 0 Å². The van der Waals surface area contributed by atoms with Gasteiger partial charge < -0.3 is 52.4 Å². The lowest BCUT2D eigenvalue weighted by atomic mass is 9.97. The molecule has 0 spiro atoms. The van der Waals surface area contributed by atoms with Gasteiger partial charge in [-0.2, -0.15) is 0 Å². The number of piperidine rings is 1. The third kappa shape index (κ3) is 52.9. The summed E-state index contributed by atoms with van der Waals surface area (Å²) in [6.45, 7) is 18.7. The third-order valence-corrected chi connectivity index (χ3v) is 16.9. The van der Waals surface area contributed by atoms with Crippen LogP contribution in [0.4, 0.5) is 0 Å². The van der Waals surface area contributed by atoms with E-state index < -0.39 is 6.10 Å². The molecule has 514 valence electrons. The Hall–Kier alpha value is -2.40. The van der Waals surface area contributed by atoms with E-state index in [9.17, 15) is 19.2 Å². The van der Waals surface area contributed by atoms with Crippen molar-refractivity contribution in [1.82, 2.24) is 9.80 Å². The van der Waals surface area contributed by atoms with Crippen molar-refractivity contribution in [2.24, 2.45) is 5.92 Å². The van der Waals surface area contributed by atoms with Crippen molar-refractivity contribution < 1.29 is 61.8 Å². The Balaban J connectivity index is 2.73. The molecule has 1 aliphatic heterocycles. The molecule has 15 nitrogen and oxygen atoms in total. The van der Waals surface area contributed by atoms with Crippen LogP contribution in [0.3, 0.4) is 0 Å². The van der Waals surface area contributed by atoms with Crippen LogP contribution in [0.15, 0.2) is 0 Å². The fourth-order valence-electron chi connectivity index (χ4n) is 11.2. The topological polar surface area (TPSA) is 158 Å². The summed E-state index contributed by atoms with van der Waals surface area (Å²) in [6, 6.07) is 0. The van der Waals surface area contributed by atoms with E-state index in [0.29, 0.717) is 92.0 Å². The lowest BCUT2D eigenvalue weighted by Crippen LogP contribution is -2.45. The van der Waals surface area contributed by atoms with Crippen molar-refractivity contribution >= 4 is 23.8 Å². The summed E-state index contributed by atoms with van der Waals surface area (Å²) in [5.41, 5.74) is 0. The lowest BCUT2D eigenvalue weighted by Gasteiger charge is -2.28. The summed E-state index contributed by atoms with van der Waals surface area (Å²) in [7, 11) is 2.08. The summed E-state index contributed by atoms with van der Waals surface area (Å²) in [5, 5.41) is 0. The molecule has 0 aromatic rings. The van der Waals surface area contributed by atoms with Gasteiger partial charge >= 0.3 is 17.9 Å². The van der Waals surface area contributed by atoms with Gasteiger partial charge in [0.2, 0.25) is 0 Å². The molecule has 0 bridgehead atoms. The van der Waals surface area contributed by atoms with Gasteiger partial charge in [0.05, 0.1) is 65.4 Å². The molecule has 0 aromatic carbocycles. The van der Waals surface area contributed by atoms with E-state index in [2.05, 4.69) is 46.6 Å². The predicted molar refractivity (Wildman–Crippen MR) is 354 cm³/mol. The second-order valence-corrected chi connectivity index (χ2v) is 25.1. The molecule has 1 heterocycles. The summed E-state index contributed by atoms with van der Waals surface area (Å²) in [5.74, 6) is -0.336. The summed E-state index contributed by atoms with van der Waals surface area (Å²) in [4.78, 5) is 57.0. The first-order chi connectivity index (χ1) is 42.7. The van der Waals surface area contributed by atoms with E-state index in [0.717, 1.165) is 148 Å². The van der Waals surface area contributed by atoms with E-state index in [4.69, 9.17) is 42.6 Å². The highest BCUT2D eigenvalue weighted by atomic mass is 16.6. The summed E-state index contributed by atoms with van der Waals surface area (Å²) in [6.07, 6.45) is 43.9. The van der Waals surface area contributed by atoms with E-state index >= 15 is 0 Å². The number of esters is 3. The number of rotatable bonds is 67.